The number of halogens is 1. The zero-order valence-electron chi connectivity index (χ0n) is 24.5. The fraction of sp³-hybridized carbons (Fsp3) is 0.257. The van der Waals surface area contributed by atoms with Crippen LogP contribution in [0.5, 0.6) is 0 Å². The van der Waals surface area contributed by atoms with Crippen LogP contribution >= 0.6 is 24.0 Å². The Morgan fingerprint density at radius 2 is 0.674 bits per heavy atom. The summed E-state index contributed by atoms with van der Waals surface area (Å²) in [4.78, 5) is 21.7. The van der Waals surface area contributed by atoms with Gasteiger partial charge in [-0.3, -0.25) is 20.2 Å². The van der Waals surface area contributed by atoms with E-state index in [1.54, 1.807) is 24.3 Å². The standard InChI is InChI=1S/C28H22N2O4.C5H10.2CH3.Co.HI/c31-29(32)23-15-11-21(12-16-23)27-25(19-7-3-1-4-8-19)28(26(27)20-9-5-2-6-10-20)22-13-17-24(18-14-22)30(33)34;1-2-4-5-3-1;;;;/h1-18,25-28H;1-5H2;2*1H3;;1H/q;;2*-1;+2;. The van der Waals surface area contributed by atoms with Gasteiger partial charge in [0.05, 0.1) is 9.85 Å². The second kappa shape index (κ2) is 17.9. The molecule has 0 spiro atoms. The molecule has 2 fully saturated rings. The van der Waals surface area contributed by atoms with E-state index in [1.807, 2.05) is 60.7 Å². The first-order chi connectivity index (χ1) is 19.0. The molecule has 2 aliphatic carbocycles. The quantitative estimate of drug-likeness (QED) is 0.0853. The Kier molecular flexibility index (Phi) is 15.8. The van der Waals surface area contributed by atoms with E-state index in [-0.39, 0.29) is 101 Å². The van der Waals surface area contributed by atoms with Crippen LogP contribution in [0.2, 0.25) is 0 Å². The van der Waals surface area contributed by atoms with Crippen molar-refractivity contribution in [3.05, 3.63) is 167 Å². The molecule has 2 saturated carbocycles. The molecule has 0 amide bonds. The molecule has 6 nitrogen and oxygen atoms in total. The smallest absolute Gasteiger partial charge is 0.358 e. The Bertz CT molecular complexity index is 1280. The number of benzene rings is 4. The van der Waals surface area contributed by atoms with E-state index in [2.05, 4.69) is 24.3 Å². The zero-order valence-corrected chi connectivity index (χ0v) is 27.9. The zero-order chi connectivity index (χ0) is 27.2. The molecule has 43 heavy (non-hydrogen) atoms. The number of nitro benzene ring substituents is 2. The first-order valence-electron chi connectivity index (χ1n) is 13.6. The third-order valence-electron chi connectivity index (χ3n) is 8.14. The SMILES string of the molecule is C1CCCC1.I.O=[N+]([O-])c1ccc(C2C(c3ccccc3)C(c3ccc([N+](=O)[O-])cc3)C2c2ccccc2)cc1.[CH3-].[CH3-].[Co+2]. The topological polar surface area (TPSA) is 86.3 Å². The Morgan fingerprint density at radius 1 is 0.442 bits per heavy atom. The van der Waals surface area contributed by atoms with Gasteiger partial charge in [-0.25, -0.2) is 0 Å². The van der Waals surface area contributed by atoms with Crippen molar-refractivity contribution in [1.82, 2.24) is 0 Å². The summed E-state index contributed by atoms with van der Waals surface area (Å²) < 4.78 is 0. The molecule has 4 aromatic rings. The molecule has 229 valence electrons. The van der Waals surface area contributed by atoms with Crippen LogP contribution in [0.25, 0.3) is 0 Å². The molecular formula is C35H39CoIN2O4. The minimum Gasteiger partial charge on any atom is -0.358 e. The van der Waals surface area contributed by atoms with Gasteiger partial charge in [0.2, 0.25) is 0 Å². The summed E-state index contributed by atoms with van der Waals surface area (Å²) in [6.45, 7) is 0. The number of rotatable bonds is 6. The van der Waals surface area contributed by atoms with Crippen LogP contribution in [0, 0.1) is 35.1 Å². The Balaban J connectivity index is 0.000000936. The molecule has 1 radical (unpaired) electrons. The summed E-state index contributed by atoms with van der Waals surface area (Å²) in [7, 11) is 0. The predicted octanol–water partition coefficient (Wildman–Crippen LogP) is 10.4. The maximum Gasteiger partial charge on any atom is 2.00 e. The van der Waals surface area contributed by atoms with Gasteiger partial charge in [-0.05, 0) is 45.9 Å². The molecule has 0 heterocycles. The van der Waals surface area contributed by atoms with Crippen LogP contribution in [0.15, 0.2) is 109 Å². The number of nitrogens with zero attached hydrogens (tertiary/aromatic N) is 2. The van der Waals surface area contributed by atoms with Crippen LogP contribution < -0.4 is 0 Å². The molecule has 4 aromatic carbocycles. The van der Waals surface area contributed by atoms with Crippen LogP contribution in [0.1, 0.15) is 78.0 Å². The first kappa shape index (κ1) is 37.9. The molecule has 0 N–H and O–H groups in total. The fourth-order valence-corrected chi connectivity index (χ4v) is 6.28. The number of nitro groups is 2. The molecule has 6 rings (SSSR count). The number of non-ortho nitro benzene ring substituents is 2. The van der Waals surface area contributed by atoms with Crippen molar-refractivity contribution in [2.45, 2.75) is 55.8 Å². The summed E-state index contributed by atoms with van der Waals surface area (Å²) in [6.07, 6.45) is 7.50. The summed E-state index contributed by atoms with van der Waals surface area (Å²) in [6, 6.07) is 34.2. The molecule has 0 aliphatic heterocycles. The monoisotopic (exact) mass is 737 g/mol. The Morgan fingerprint density at radius 3 is 0.907 bits per heavy atom. The van der Waals surface area contributed by atoms with Crippen molar-refractivity contribution >= 4 is 35.4 Å². The number of hydrogen-bond donors (Lipinski definition) is 0. The molecule has 0 bridgehead atoms. The summed E-state index contributed by atoms with van der Waals surface area (Å²) in [5.41, 5.74) is 4.60. The van der Waals surface area contributed by atoms with Crippen molar-refractivity contribution in [2.75, 3.05) is 0 Å². The van der Waals surface area contributed by atoms with Gasteiger partial charge in [0.15, 0.2) is 0 Å². The third kappa shape index (κ3) is 8.74. The van der Waals surface area contributed by atoms with Gasteiger partial charge in [0.1, 0.15) is 0 Å². The van der Waals surface area contributed by atoms with Crippen molar-refractivity contribution < 1.29 is 26.6 Å². The van der Waals surface area contributed by atoms with Crippen LogP contribution in [0.4, 0.5) is 11.4 Å². The number of hydrogen-bond acceptors (Lipinski definition) is 4. The second-order valence-corrected chi connectivity index (χ2v) is 10.4. The Hall–Kier alpha value is -3.08. The summed E-state index contributed by atoms with van der Waals surface area (Å²) >= 11 is 0. The molecule has 2 aliphatic rings. The predicted molar refractivity (Wildman–Crippen MR) is 181 cm³/mol. The van der Waals surface area contributed by atoms with E-state index in [4.69, 9.17) is 0 Å². The van der Waals surface area contributed by atoms with Crippen LogP contribution in [-0.4, -0.2) is 9.85 Å². The fourth-order valence-electron chi connectivity index (χ4n) is 6.28. The van der Waals surface area contributed by atoms with Crippen molar-refractivity contribution in [2.24, 2.45) is 0 Å². The van der Waals surface area contributed by atoms with Crippen LogP contribution in [-0.2, 0) is 16.8 Å². The average molecular weight is 738 g/mol. The molecule has 0 unspecified atom stereocenters. The van der Waals surface area contributed by atoms with Gasteiger partial charge < -0.3 is 14.9 Å². The van der Waals surface area contributed by atoms with Gasteiger partial charge in [-0.1, -0.05) is 117 Å². The first-order valence-corrected chi connectivity index (χ1v) is 13.6. The molecule has 0 saturated heterocycles. The summed E-state index contributed by atoms with van der Waals surface area (Å²) in [5, 5.41) is 22.4. The van der Waals surface area contributed by atoms with Crippen molar-refractivity contribution in [3.63, 3.8) is 0 Å². The van der Waals surface area contributed by atoms with E-state index in [0.29, 0.717) is 0 Å². The minimum atomic E-state index is -0.381. The van der Waals surface area contributed by atoms with E-state index in [0.717, 1.165) is 11.1 Å². The van der Waals surface area contributed by atoms with Gasteiger partial charge in [0.25, 0.3) is 11.4 Å². The van der Waals surface area contributed by atoms with Gasteiger partial charge >= 0.3 is 16.8 Å². The van der Waals surface area contributed by atoms with Gasteiger partial charge in [-0.15, -0.1) is 24.0 Å². The van der Waals surface area contributed by atoms with Crippen molar-refractivity contribution in [3.8, 4) is 0 Å². The summed E-state index contributed by atoms with van der Waals surface area (Å²) in [5.74, 6) is 0.445. The maximum atomic E-state index is 11.2. The van der Waals surface area contributed by atoms with Gasteiger partial charge in [-0.2, -0.15) is 0 Å². The van der Waals surface area contributed by atoms with Crippen molar-refractivity contribution in [1.29, 1.82) is 0 Å². The molecule has 0 atom stereocenters. The maximum absolute atomic E-state index is 11.2. The molecule has 8 heteroatoms. The minimum absolute atomic E-state index is 0. The van der Waals surface area contributed by atoms with Crippen LogP contribution in [0.3, 0.4) is 0 Å². The Labute approximate surface area is 282 Å². The van der Waals surface area contributed by atoms with Gasteiger partial charge in [0, 0.05) is 24.3 Å². The largest absolute Gasteiger partial charge is 2.00 e. The third-order valence-corrected chi connectivity index (χ3v) is 8.14. The average Bonchev–Trinajstić information content (AvgIpc) is 3.55. The molecular weight excluding hydrogens is 698 g/mol. The van der Waals surface area contributed by atoms with E-state index >= 15 is 0 Å². The van der Waals surface area contributed by atoms with E-state index in [9.17, 15) is 20.2 Å². The second-order valence-electron chi connectivity index (χ2n) is 10.4. The van der Waals surface area contributed by atoms with E-state index in [1.165, 1.54) is 43.2 Å². The molecule has 0 aromatic heterocycles. The van der Waals surface area contributed by atoms with E-state index < -0.39 is 0 Å². The normalized spacial score (nSPS) is 19.7.